The maximum atomic E-state index is 6.31. The molecule has 122 valence electrons. The average Bonchev–Trinajstić information content (AvgIpc) is 3.10. The van der Waals surface area contributed by atoms with E-state index in [0.29, 0.717) is 12.1 Å². The summed E-state index contributed by atoms with van der Waals surface area (Å²) in [7, 11) is 0. The Morgan fingerprint density at radius 1 is 1.14 bits per heavy atom. The second kappa shape index (κ2) is 6.95. The van der Waals surface area contributed by atoms with Gasteiger partial charge in [0.25, 0.3) is 0 Å². The van der Waals surface area contributed by atoms with Gasteiger partial charge in [-0.15, -0.1) is 0 Å². The van der Waals surface area contributed by atoms with Gasteiger partial charge in [0.2, 0.25) is 0 Å². The van der Waals surface area contributed by atoms with Crippen molar-refractivity contribution < 1.29 is 9.47 Å². The summed E-state index contributed by atoms with van der Waals surface area (Å²) in [5.41, 5.74) is 6.05. The zero-order valence-electron chi connectivity index (χ0n) is 13.6. The Morgan fingerprint density at radius 2 is 1.86 bits per heavy atom. The fourth-order valence-electron chi connectivity index (χ4n) is 4.32. The van der Waals surface area contributed by atoms with Crippen LogP contribution >= 0.6 is 0 Å². The Kier molecular flexibility index (Phi) is 5.20. The molecular formula is C17H32N2O2. The third-order valence-corrected chi connectivity index (χ3v) is 5.49. The van der Waals surface area contributed by atoms with Gasteiger partial charge in [-0.2, -0.15) is 0 Å². The highest BCUT2D eigenvalue weighted by Gasteiger charge is 2.44. The standard InChI is InChI=1S/C17H32N2O2/c1-2-11-19(15-7-5-14(18)6-8-15)12-16-13-20-17(21-16)9-3-4-10-17/h14-16H,2-13,18H2,1H3. The van der Waals surface area contributed by atoms with Crippen LogP contribution in [-0.2, 0) is 9.47 Å². The molecular weight excluding hydrogens is 264 g/mol. The fourth-order valence-corrected chi connectivity index (χ4v) is 4.32. The highest BCUT2D eigenvalue weighted by atomic mass is 16.7. The summed E-state index contributed by atoms with van der Waals surface area (Å²) in [5.74, 6) is -0.211. The van der Waals surface area contributed by atoms with Gasteiger partial charge in [0.05, 0.1) is 12.7 Å². The molecule has 1 saturated heterocycles. The molecule has 3 rings (SSSR count). The molecule has 2 saturated carbocycles. The number of hydrogen-bond acceptors (Lipinski definition) is 4. The van der Waals surface area contributed by atoms with Crippen LogP contribution in [0.4, 0.5) is 0 Å². The van der Waals surface area contributed by atoms with Gasteiger partial charge in [0, 0.05) is 31.5 Å². The molecule has 1 heterocycles. The molecule has 21 heavy (non-hydrogen) atoms. The Hall–Kier alpha value is -0.160. The van der Waals surface area contributed by atoms with Crippen molar-refractivity contribution in [3.05, 3.63) is 0 Å². The van der Waals surface area contributed by atoms with Crippen LogP contribution in [0, 0.1) is 0 Å². The third kappa shape index (κ3) is 3.79. The van der Waals surface area contributed by atoms with E-state index in [1.54, 1.807) is 0 Å². The predicted molar refractivity (Wildman–Crippen MR) is 84.1 cm³/mol. The summed E-state index contributed by atoms with van der Waals surface area (Å²) in [6.45, 7) is 5.26. The van der Waals surface area contributed by atoms with Crippen molar-refractivity contribution >= 4 is 0 Å². The number of hydrogen-bond donors (Lipinski definition) is 1. The lowest BCUT2D eigenvalue weighted by Gasteiger charge is -2.37. The lowest BCUT2D eigenvalue weighted by atomic mass is 9.90. The largest absolute Gasteiger partial charge is 0.347 e. The van der Waals surface area contributed by atoms with Crippen molar-refractivity contribution in [1.29, 1.82) is 0 Å². The van der Waals surface area contributed by atoms with Crippen LogP contribution in [0.15, 0.2) is 0 Å². The van der Waals surface area contributed by atoms with E-state index in [2.05, 4.69) is 11.8 Å². The van der Waals surface area contributed by atoms with Crippen LogP contribution in [0.2, 0.25) is 0 Å². The first kappa shape index (κ1) is 15.7. The van der Waals surface area contributed by atoms with E-state index >= 15 is 0 Å². The first-order valence-corrected chi connectivity index (χ1v) is 9.02. The third-order valence-electron chi connectivity index (χ3n) is 5.49. The number of nitrogens with two attached hydrogens (primary N) is 1. The highest BCUT2D eigenvalue weighted by molar-refractivity contribution is 4.87. The molecule has 4 heteroatoms. The topological polar surface area (TPSA) is 47.7 Å². The summed E-state index contributed by atoms with van der Waals surface area (Å²) < 4.78 is 12.3. The van der Waals surface area contributed by atoms with E-state index in [1.807, 2.05) is 0 Å². The van der Waals surface area contributed by atoms with Gasteiger partial charge in [0.1, 0.15) is 0 Å². The second-order valence-electron chi connectivity index (χ2n) is 7.23. The van der Waals surface area contributed by atoms with Crippen molar-refractivity contribution in [1.82, 2.24) is 4.90 Å². The van der Waals surface area contributed by atoms with Crippen molar-refractivity contribution in [2.24, 2.45) is 5.73 Å². The molecule has 2 N–H and O–H groups in total. The molecule has 3 aliphatic rings. The van der Waals surface area contributed by atoms with Gasteiger partial charge in [0.15, 0.2) is 5.79 Å². The summed E-state index contributed by atoms with van der Waals surface area (Å²) in [6.07, 6.45) is 11.0. The highest BCUT2D eigenvalue weighted by Crippen LogP contribution is 2.39. The molecule has 1 atom stereocenters. The smallest absolute Gasteiger partial charge is 0.168 e. The minimum absolute atomic E-state index is 0.211. The van der Waals surface area contributed by atoms with Crippen molar-refractivity contribution in [2.45, 2.75) is 88.7 Å². The molecule has 0 aromatic carbocycles. The summed E-state index contributed by atoms with van der Waals surface area (Å²) in [5, 5.41) is 0. The van der Waals surface area contributed by atoms with Crippen LogP contribution in [0.25, 0.3) is 0 Å². The summed E-state index contributed by atoms with van der Waals surface area (Å²) in [6, 6.07) is 1.13. The van der Waals surface area contributed by atoms with E-state index in [9.17, 15) is 0 Å². The van der Waals surface area contributed by atoms with Crippen LogP contribution in [0.1, 0.15) is 64.7 Å². The molecule has 2 aliphatic carbocycles. The van der Waals surface area contributed by atoms with E-state index in [1.165, 1.54) is 51.5 Å². The summed E-state index contributed by atoms with van der Waals surface area (Å²) in [4.78, 5) is 2.65. The zero-order chi connectivity index (χ0) is 14.7. The van der Waals surface area contributed by atoms with Gasteiger partial charge in [-0.25, -0.2) is 0 Å². The van der Waals surface area contributed by atoms with Gasteiger partial charge < -0.3 is 15.2 Å². The van der Waals surface area contributed by atoms with Crippen LogP contribution in [0.3, 0.4) is 0 Å². The minimum atomic E-state index is -0.211. The predicted octanol–water partition coefficient (Wildman–Crippen LogP) is 2.65. The van der Waals surface area contributed by atoms with E-state index in [-0.39, 0.29) is 11.9 Å². The molecule has 1 spiro atoms. The van der Waals surface area contributed by atoms with Crippen LogP contribution in [0.5, 0.6) is 0 Å². The minimum Gasteiger partial charge on any atom is -0.347 e. The molecule has 0 aromatic heterocycles. The van der Waals surface area contributed by atoms with Crippen molar-refractivity contribution in [2.75, 3.05) is 19.7 Å². The lowest BCUT2D eigenvalue weighted by molar-refractivity contribution is -0.164. The lowest BCUT2D eigenvalue weighted by Crippen LogP contribution is -2.45. The Balaban J connectivity index is 1.53. The zero-order valence-corrected chi connectivity index (χ0v) is 13.6. The van der Waals surface area contributed by atoms with Gasteiger partial charge in [-0.3, -0.25) is 4.90 Å². The molecule has 1 aliphatic heterocycles. The maximum Gasteiger partial charge on any atom is 0.168 e. The second-order valence-corrected chi connectivity index (χ2v) is 7.23. The van der Waals surface area contributed by atoms with E-state index in [4.69, 9.17) is 15.2 Å². The normalized spacial score (nSPS) is 35.9. The van der Waals surface area contributed by atoms with E-state index in [0.717, 1.165) is 26.0 Å². The van der Waals surface area contributed by atoms with E-state index < -0.39 is 0 Å². The molecule has 0 bridgehead atoms. The summed E-state index contributed by atoms with van der Waals surface area (Å²) >= 11 is 0. The number of ether oxygens (including phenoxy) is 2. The Labute approximate surface area is 129 Å². The first-order chi connectivity index (χ1) is 10.2. The SMILES string of the molecule is CCCN(CC1COC2(CCCC2)O1)C1CCC(N)CC1. The fraction of sp³-hybridized carbons (Fsp3) is 1.00. The molecule has 0 aromatic rings. The monoisotopic (exact) mass is 296 g/mol. The van der Waals surface area contributed by atoms with Gasteiger partial charge in [-0.1, -0.05) is 6.92 Å². The van der Waals surface area contributed by atoms with Crippen molar-refractivity contribution in [3.63, 3.8) is 0 Å². The molecule has 1 unspecified atom stereocenters. The molecule has 3 fully saturated rings. The van der Waals surface area contributed by atoms with Gasteiger partial charge in [-0.05, 0) is 51.5 Å². The molecule has 0 amide bonds. The first-order valence-electron chi connectivity index (χ1n) is 9.02. The number of rotatable bonds is 5. The van der Waals surface area contributed by atoms with Crippen LogP contribution < -0.4 is 5.73 Å². The van der Waals surface area contributed by atoms with Crippen LogP contribution in [-0.4, -0.2) is 48.6 Å². The maximum absolute atomic E-state index is 6.31. The van der Waals surface area contributed by atoms with Gasteiger partial charge >= 0.3 is 0 Å². The number of nitrogens with zero attached hydrogens (tertiary/aromatic N) is 1. The Bertz CT molecular complexity index is 323. The molecule has 0 radical (unpaired) electrons. The average molecular weight is 296 g/mol. The van der Waals surface area contributed by atoms with Crippen molar-refractivity contribution in [3.8, 4) is 0 Å². The Morgan fingerprint density at radius 3 is 2.52 bits per heavy atom. The quantitative estimate of drug-likeness (QED) is 0.847. The molecule has 4 nitrogen and oxygen atoms in total.